The summed E-state index contributed by atoms with van der Waals surface area (Å²) < 4.78 is 0. The quantitative estimate of drug-likeness (QED) is 0.0772. The van der Waals surface area contributed by atoms with Gasteiger partial charge in [-0.25, -0.2) is 0 Å². The summed E-state index contributed by atoms with van der Waals surface area (Å²) in [6.07, 6.45) is 12.7. The van der Waals surface area contributed by atoms with E-state index >= 15 is 0 Å². The molecule has 4 unspecified atom stereocenters. The summed E-state index contributed by atoms with van der Waals surface area (Å²) in [7, 11) is 3.75. The van der Waals surface area contributed by atoms with Crippen LogP contribution in [0.1, 0.15) is 63.6 Å². The topological polar surface area (TPSA) is 129 Å². The Labute approximate surface area is 293 Å². The van der Waals surface area contributed by atoms with Crippen molar-refractivity contribution in [2.24, 2.45) is 5.73 Å². The van der Waals surface area contributed by atoms with Crippen molar-refractivity contribution in [3.05, 3.63) is 108 Å². The van der Waals surface area contributed by atoms with E-state index in [0.717, 1.165) is 36.0 Å². The Morgan fingerprint density at radius 1 is 1.02 bits per heavy atom. The zero-order valence-corrected chi connectivity index (χ0v) is 30.1. The molecule has 9 nitrogen and oxygen atoms in total. The highest BCUT2D eigenvalue weighted by atomic mass is 32.1. The molecule has 0 saturated heterocycles. The number of hydrogen-bond acceptors (Lipinski definition) is 6. The maximum absolute atomic E-state index is 12.7. The van der Waals surface area contributed by atoms with E-state index in [4.69, 9.17) is 5.73 Å². The van der Waals surface area contributed by atoms with Gasteiger partial charge in [0.2, 0.25) is 11.8 Å². The van der Waals surface area contributed by atoms with E-state index in [1.807, 2.05) is 92.9 Å². The van der Waals surface area contributed by atoms with Gasteiger partial charge in [-0.05, 0) is 75.6 Å². The molecule has 48 heavy (non-hydrogen) atoms. The van der Waals surface area contributed by atoms with E-state index in [0.29, 0.717) is 38.3 Å². The van der Waals surface area contributed by atoms with Gasteiger partial charge in [0.05, 0.1) is 24.7 Å². The van der Waals surface area contributed by atoms with Gasteiger partial charge in [-0.1, -0.05) is 112 Å². The van der Waals surface area contributed by atoms with Crippen molar-refractivity contribution in [3.63, 3.8) is 0 Å². The van der Waals surface area contributed by atoms with Crippen LogP contribution in [-0.2, 0) is 20.8 Å². The van der Waals surface area contributed by atoms with Crippen molar-refractivity contribution < 1.29 is 14.4 Å². The lowest BCUT2D eigenvalue weighted by molar-refractivity contribution is -0.125. The molecule has 262 valence electrons. The molecule has 2 aromatic rings. The molecule has 2 rings (SSSR count). The first-order chi connectivity index (χ1) is 23.1. The number of likely N-dealkylation sites (N-methyl/N-ethyl adjacent to an activating group) is 2. The minimum Gasteiger partial charge on any atom is -0.376 e. The molecule has 2 amide bonds. The van der Waals surface area contributed by atoms with Gasteiger partial charge in [-0.2, -0.15) is 0 Å². The Hall–Kier alpha value is -4.12. The highest BCUT2D eigenvalue weighted by molar-refractivity contribution is 7.80. The van der Waals surface area contributed by atoms with Crippen molar-refractivity contribution in [2.45, 2.75) is 77.0 Å². The summed E-state index contributed by atoms with van der Waals surface area (Å²) in [5.74, 6) is -0.172. The first-order valence-corrected chi connectivity index (χ1v) is 17.0. The third kappa shape index (κ3) is 16.6. The molecule has 4 atom stereocenters. The molecule has 0 aliphatic carbocycles. The zero-order chi connectivity index (χ0) is 35.7. The van der Waals surface area contributed by atoms with E-state index in [-0.39, 0.29) is 23.0 Å². The molecule has 10 heteroatoms. The Bertz CT molecular complexity index is 1300. The number of carbonyl (C=O) groups excluding carboxylic acids is 3. The number of aldehydes is 1. The fourth-order valence-corrected chi connectivity index (χ4v) is 5.30. The molecule has 2 aromatic carbocycles. The second-order valence-corrected chi connectivity index (χ2v) is 11.9. The number of nitrogens with two attached hydrogens (primary N) is 1. The zero-order valence-electron chi connectivity index (χ0n) is 29.3. The highest BCUT2D eigenvalue weighted by Gasteiger charge is 2.21. The molecular formula is C38H56N6O3S. The highest BCUT2D eigenvalue weighted by Crippen LogP contribution is 2.23. The van der Waals surface area contributed by atoms with Gasteiger partial charge in [0.25, 0.3) is 0 Å². The van der Waals surface area contributed by atoms with Crippen LogP contribution in [0, 0.1) is 0 Å². The van der Waals surface area contributed by atoms with Gasteiger partial charge < -0.3 is 31.8 Å². The molecular weight excluding hydrogens is 621 g/mol. The van der Waals surface area contributed by atoms with E-state index in [2.05, 4.69) is 58.8 Å². The summed E-state index contributed by atoms with van der Waals surface area (Å²) in [4.78, 5) is 38.2. The molecule has 0 bridgehead atoms. The standard InChI is InChI=1S/C23H34N2O.C15H22N4O2S/c1-6-13-19(14-7-2)23(20-16-11-10-12-17-20)24-22(26)18-25(5)21(9-4)15-8-3;1-17-13(9-11-5-3-2-4-6-11)14(21)19-12(10-20)7-8-18-15(16)22/h6-7,10-14,16-17,21,23H,1,8-9,15,18H2,2-5H3,(H,24,26);2-6,10,12-13,17H,7-9H2,1H3,(H,19,21)(H3,16,18,22)/b14-7-,19-13+;. The minimum absolute atomic E-state index is 0.0374. The van der Waals surface area contributed by atoms with Crippen molar-refractivity contribution in [3.8, 4) is 0 Å². The van der Waals surface area contributed by atoms with Crippen molar-refractivity contribution in [1.82, 2.24) is 26.2 Å². The number of rotatable bonds is 20. The fraction of sp³-hybridized carbons (Fsp3) is 0.421. The van der Waals surface area contributed by atoms with E-state index in [1.165, 1.54) is 0 Å². The summed E-state index contributed by atoms with van der Waals surface area (Å²) in [5, 5.41) is 11.8. The maximum atomic E-state index is 12.7. The Kier molecular flexibility index (Phi) is 21.8. The normalized spacial score (nSPS) is 13.8. The average molecular weight is 677 g/mol. The largest absolute Gasteiger partial charge is 0.376 e. The molecule has 0 saturated carbocycles. The van der Waals surface area contributed by atoms with Gasteiger partial charge in [-0.3, -0.25) is 14.5 Å². The van der Waals surface area contributed by atoms with Crippen molar-refractivity contribution in [2.75, 3.05) is 27.2 Å². The number of allylic oxidation sites excluding steroid dienone is 3. The van der Waals surface area contributed by atoms with Crippen LogP contribution in [0.2, 0.25) is 0 Å². The maximum Gasteiger partial charge on any atom is 0.238 e. The minimum atomic E-state index is -0.569. The molecule has 6 N–H and O–H groups in total. The van der Waals surface area contributed by atoms with Crippen molar-refractivity contribution >= 4 is 35.4 Å². The Morgan fingerprint density at radius 2 is 1.67 bits per heavy atom. The van der Waals surface area contributed by atoms with E-state index < -0.39 is 12.1 Å². The smallest absolute Gasteiger partial charge is 0.238 e. The monoisotopic (exact) mass is 676 g/mol. The van der Waals surface area contributed by atoms with Gasteiger partial charge >= 0.3 is 0 Å². The van der Waals surface area contributed by atoms with E-state index in [1.54, 1.807) is 13.1 Å². The van der Waals surface area contributed by atoms with Crippen LogP contribution in [0.5, 0.6) is 0 Å². The van der Waals surface area contributed by atoms with Gasteiger partial charge in [-0.15, -0.1) is 0 Å². The molecule has 0 spiro atoms. The average Bonchev–Trinajstić information content (AvgIpc) is 3.08. The number of hydrogen-bond donors (Lipinski definition) is 5. The second-order valence-electron chi connectivity index (χ2n) is 11.4. The number of nitrogens with zero attached hydrogens (tertiary/aromatic N) is 1. The predicted octanol–water partition coefficient (Wildman–Crippen LogP) is 4.77. The third-order valence-corrected chi connectivity index (χ3v) is 7.89. The Balaban J connectivity index is 0.000000487. The van der Waals surface area contributed by atoms with Crippen LogP contribution < -0.4 is 27.0 Å². The molecule has 0 fully saturated rings. The molecule has 0 radical (unpaired) electrons. The van der Waals surface area contributed by atoms with Gasteiger partial charge in [0.1, 0.15) is 6.29 Å². The second kappa shape index (κ2) is 25.0. The summed E-state index contributed by atoms with van der Waals surface area (Å²) in [5.41, 5.74) is 8.45. The van der Waals surface area contributed by atoms with Crippen LogP contribution in [0.15, 0.2) is 97.1 Å². The number of nitrogens with one attached hydrogen (secondary N) is 4. The fourth-order valence-electron chi connectivity index (χ4n) is 5.20. The molecule has 0 aliphatic rings. The molecule has 0 heterocycles. The third-order valence-electron chi connectivity index (χ3n) is 7.74. The number of amides is 2. The van der Waals surface area contributed by atoms with Crippen molar-refractivity contribution in [1.29, 1.82) is 0 Å². The summed E-state index contributed by atoms with van der Waals surface area (Å²) in [6, 6.07) is 19.1. The first kappa shape index (κ1) is 41.9. The number of thiocarbonyl (C=S) groups is 1. The number of carbonyl (C=O) groups is 3. The lowest BCUT2D eigenvalue weighted by Gasteiger charge is -2.28. The predicted molar refractivity (Wildman–Crippen MR) is 202 cm³/mol. The molecule has 0 aliphatic heterocycles. The summed E-state index contributed by atoms with van der Waals surface area (Å²) >= 11 is 4.69. The Morgan fingerprint density at radius 3 is 2.19 bits per heavy atom. The lowest BCUT2D eigenvalue weighted by Crippen LogP contribution is -2.49. The molecule has 0 aromatic heterocycles. The van der Waals surface area contributed by atoms with E-state index in [9.17, 15) is 14.4 Å². The van der Waals surface area contributed by atoms with Crippen LogP contribution in [0.3, 0.4) is 0 Å². The lowest BCUT2D eigenvalue weighted by atomic mass is 9.97. The first-order valence-electron chi connectivity index (χ1n) is 16.6. The van der Waals surface area contributed by atoms with Crippen LogP contribution in [0.4, 0.5) is 0 Å². The van der Waals surface area contributed by atoms with Crippen LogP contribution >= 0.6 is 12.2 Å². The van der Waals surface area contributed by atoms with Gasteiger partial charge in [0.15, 0.2) is 5.11 Å². The number of benzene rings is 2. The summed E-state index contributed by atoms with van der Waals surface area (Å²) in [6.45, 7) is 11.0. The van der Waals surface area contributed by atoms with Crippen LogP contribution in [0.25, 0.3) is 0 Å². The van der Waals surface area contributed by atoms with Crippen LogP contribution in [-0.4, -0.2) is 73.4 Å². The van der Waals surface area contributed by atoms with Gasteiger partial charge in [0, 0.05) is 12.6 Å². The SMILES string of the molecule is C=C/C=C(\C=C/C)C(NC(=O)CN(C)C(CC)CCC)c1ccccc1.CNC(Cc1ccccc1)C(=O)NC(C=O)CCNC(N)=S.